The van der Waals surface area contributed by atoms with Crippen LogP contribution in [0.2, 0.25) is 0 Å². The third-order valence-electron chi connectivity index (χ3n) is 3.85. The molecule has 0 aliphatic carbocycles. The van der Waals surface area contributed by atoms with E-state index in [9.17, 15) is 9.59 Å². The van der Waals surface area contributed by atoms with Crippen LogP contribution in [-0.2, 0) is 9.53 Å². The molecule has 1 fully saturated rings. The standard InChI is InChI=1S/C18H26N2O3/c1-12(2)9-17(21)20-16-7-6-14(10-13(16)3)18(22)19-15-5-4-8-23-11-15/h6-7,10,12,15H,4-5,8-9,11H2,1-3H3,(H,19,22)(H,20,21)/t15-/m1/s1. The van der Waals surface area contributed by atoms with Gasteiger partial charge in [-0.1, -0.05) is 13.8 Å². The summed E-state index contributed by atoms with van der Waals surface area (Å²) in [5.41, 5.74) is 2.25. The van der Waals surface area contributed by atoms with Gasteiger partial charge in [-0.3, -0.25) is 9.59 Å². The molecular formula is C18H26N2O3. The van der Waals surface area contributed by atoms with E-state index in [1.807, 2.05) is 26.8 Å². The van der Waals surface area contributed by atoms with Gasteiger partial charge in [-0.2, -0.15) is 0 Å². The van der Waals surface area contributed by atoms with Crippen LogP contribution >= 0.6 is 0 Å². The van der Waals surface area contributed by atoms with Crippen molar-refractivity contribution in [2.75, 3.05) is 18.5 Å². The van der Waals surface area contributed by atoms with Gasteiger partial charge in [-0.05, 0) is 49.4 Å². The number of hydrogen-bond donors (Lipinski definition) is 2. The van der Waals surface area contributed by atoms with Gasteiger partial charge >= 0.3 is 0 Å². The van der Waals surface area contributed by atoms with Gasteiger partial charge in [0.1, 0.15) is 0 Å². The van der Waals surface area contributed by atoms with Crippen LogP contribution in [0.15, 0.2) is 18.2 Å². The fraction of sp³-hybridized carbons (Fsp3) is 0.556. The molecule has 1 aromatic rings. The number of carbonyl (C=O) groups excluding carboxylic acids is 2. The van der Waals surface area contributed by atoms with Crippen LogP contribution in [0.4, 0.5) is 5.69 Å². The average molecular weight is 318 g/mol. The second-order valence-electron chi connectivity index (χ2n) is 6.56. The normalized spacial score (nSPS) is 17.8. The van der Waals surface area contributed by atoms with Crippen LogP contribution < -0.4 is 10.6 Å². The molecule has 1 saturated heterocycles. The highest BCUT2D eigenvalue weighted by Gasteiger charge is 2.17. The molecule has 1 heterocycles. The maximum absolute atomic E-state index is 12.3. The molecule has 1 atom stereocenters. The maximum Gasteiger partial charge on any atom is 0.251 e. The van der Waals surface area contributed by atoms with Gasteiger partial charge in [-0.25, -0.2) is 0 Å². The van der Waals surface area contributed by atoms with Crippen LogP contribution in [0.25, 0.3) is 0 Å². The molecule has 0 spiro atoms. The minimum Gasteiger partial charge on any atom is -0.379 e. The molecule has 126 valence electrons. The van der Waals surface area contributed by atoms with Gasteiger partial charge < -0.3 is 15.4 Å². The van der Waals surface area contributed by atoms with Crippen molar-refractivity contribution in [3.05, 3.63) is 29.3 Å². The summed E-state index contributed by atoms with van der Waals surface area (Å²) in [5.74, 6) is 0.224. The summed E-state index contributed by atoms with van der Waals surface area (Å²) in [6.45, 7) is 7.26. The minimum atomic E-state index is -0.0938. The summed E-state index contributed by atoms with van der Waals surface area (Å²) in [7, 11) is 0. The average Bonchev–Trinajstić information content (AvgIpc) is 2.49. The zero-order valence-corrected chi connectivity index (χ0v) is 14.1. The number of ether oxygens (including phenoxy) is 1. The van der Waals surface area contributed by atoms with Crippen LogP contribution in [0.1, 0.15) is 49.0 Å². The van der Waals surface area contributed by atoms with Gasteiger partial charge in [0, 0.05) is 24.3 Å². The van der Waals surface area contributed by atoms with E-state index in [2.05, 4.69) is 10.6 Å². The molecule has 1 aliphatic heterocycles. The lowest BCUT2D eigenvalue weighted by molar-refractivity contribution is -0.116. The summed E-state index contributed by atoms with van der Waals surface area (Å²) >= 11 is 0. The molecule has 2 amide bonds. The smallest absolute Gasteiger partial charge is 0.251 e. The van der Waals surface area contributed by atoms with Crippen molar-refractivity contribution >= 4 is 17.5 Å². The number of hydrogen-bond acceptors (Lipinski definition) is 3. The predicted molar refractivity (Wildman–Crippen MR) is 90.6 cm³/mol. The summed E-state index contributed by atoms with van der Waals surface area (Å²) in [6, 6.07) is 5.43. The van der Waals surface area contributed by atoms with E-state index in [0.29, 0.717) is 24.5 Å². The van der Waals surface area contributed by atoms with E-state index in [-0.39, 0.29) is 17.9 Å². The minimum absolute atomic E-state index is 0.000319. The Hall–Kier alpha value is -1.88. The second kappa shape index (κ2) is 8.11. The van der Waals surface area contributed by atoms with Crippen molar-refractivity contribution in [1.82, 2.24) is 5.32 Å². The highest BCUT2D eigenvalue weighted by Crippen LogP contribution is 2.18. The molecule has 5 nitrogen and oxygen atoms in total. The molecule has 0 unspecified atom stereocenters. The maximum atomic E-state index is 12.3. The lowest BCUT2D eigenvalue weighted by Gasteiger charge is -2.23. The number of rotatable bonds is 5. The first-order chi connectivity index (χ1) is 11.0. The van der Waals surface area contributed by atoms with Crippen molar-refractivity contribution in [3.8, 4) is 0 Å². The Kier molecular flexibility index (Phi) is 6.16. The fourth-order valence-electron chi connectivity index (χ4n) is 2.64. The van der Waals surface area contributed by atoms with E-state index in [4.69, 9.17) is 4.74 Å². The number of anilines is 1. The Balaban J connectivity index is 1.97. The van der Waals surface area contributed by atoms with E-state index < -0.39 is 0 Å². The van der Waals surface area contributed by atoms with E-state index in [1.54, 1.807) is 12.1 Å². The van der Waals surface area contributed by atoms with Crippen molar-refractivity contribution in [3.63, 3.8) is 0 Å². The Morgan fingerprint density at radius 1 is 1.35 bits per heavy atom. The monoisotopic (exact) mass is 318 g/mol. The first kappa shape index (κ1) is 17.5. The number of benzene rings is 1. The van der Waals surface area contributed by atoms with Crippen molar-refractivity contribution < 1.29 is 14.3 Å². The Morgan fingerprint density at radius 2 is 2.13 bits per heavy atom. The number of amides is 2. The SMILES string of the molecule is Cc1cc(C(=O)N[C@@H]2CCCOC2)ccc1NC(=O)CC(C)C. The van der Waals surface area contributed by atoms with E-state index in [0.717, 1.165) is 30.7 Å². The van der Waals surface area contributed by atoms with Gasteiger partial charge in [0.05, 0.1) is 12.6 Å². The zero-order valence-electron chi connectivity index (χ0n) is 14.1. The molecule has 1 aliphatic rings. The fourth-order valence-corrected chi connectivity index (χ4v) is 2.64. The lowest BCUT2D eigenvalue weighted by Crippen LogP contribution is -2.40. The molecule has 0 bridgehead atoms. The van der Waals surface area contributed by atoms with Gasteiger partial charge in [-0.15, -0.1) is 0 Å². The van der Waals surface area contributed by atoms with Crippen molar-refractivity contribution in [2.45, 2.75) is 46.1 Å². The highest BCUT2D eigenvalue weighted by molar-refractivity contribution is 5.96. The Bertz CT molecular complexity index is 563. The topological polar surface area (TPSA) is 67.4 Å². The van der Waals surface area contributed by atoms with Gasteiger partial charge in [0.25, 0.3) is 5.91 Å². The number of aryl methyl sites for hydroxylation is 1. The molecule has 2 N–H and O–H groups in total. The van der Waals surface area contributed by atoms with Gasteiger partial charge in [0.15, 0.2) is 0 Å². The summed E-state index contributed by atoms with van der Waals surface area (Å²) in [5, 5.41) is 5.90. The highest BCUT2D eigenvalue weighted by atomic mass is 16.5. The second-order valence-corrected chi connectivity index (χ2v) is 6.56. The third-order valence-corrected chi connectivity index (χ3v) is 3.85. The summed E-state index contributed by atoms with van der Waals surface area (Å²) in [4.78, 5) is 24.1. The molecule has 0 saturated carbocycles. The van der Waals surface area contributed by atoms with Crippen LogP contribution in [0.3, 0.4) is 0 Å². The van der Waals surface area contributed by atoms with Gasteiger partial charge in [0.2, 0.25) is 5.91 Å². The molecule has 5 heteroatoms. The first-order valence-electron chi connectivity index (χ1n) is 8.25. The largest absolute Gasteiger partial charge is 0.379 e. The molecule has 0 aromatic heterocycles. The summed E-state index contributed by atoms with van der Waals surface area (Å²) in [6.07, 6.45) is 2.42. The molecule has 2 rings (SSSR count). The third kappa shape index (κ3) is 5.36. The van der Waals surface area contributed by atoms with E-state index >= 15 is 0 Å². The van der Waals surface area contributed by atoms with Crippen LogP contribution in [0.5, 0.6) is 0 Å². The zero-order chi connectivity index (χ0) is 16.8. The molecular weight excluding hydrogens is 292 g/mol. The first-order valence-corrected chi connectivity index (χ1v) is 8.25. The van der Waals surface area contributed by atoms with Crippen LogP contribution in [-0.4, -0.2) is 31.1 Å². The molecule has 1 aromatic carbocycles. The predicted octanol–water partition coefficient (Wildman–Crippen LogP) is 2.89. The Labute approximate surface area is 137 Å². The molecule has 0 radical (unpaired) electrons. The molecule has 23 heavy (non-hydrogen) atoms. The number of carbonyl (C=O) groups is 2. The summed E-state index contributed by atoms with van der Waals surface area (Å²) < 4.78 is 5.37. The lowest BCUT2D eigenvalue weighted by atomic mass is 10.1. The quantitative estimate of drug-likeness (QED) is 0.877. The Morgan fingerprint density at radius 3 is 2.74 bits per heavy atom. The van der Waals surface area contributed by atoms with E-state index in [1.165, 1.54) is 0 Å². The van der Waals surface area contributed by atoms with Crippen LogP contribution in [0, 0.1) is 12.8 Å². The van der Waals surface area contributed by atoms with Crippen molar-refractivity contribution in [2.24, 2.45) is 5.92 Å². The van der Waals surface area contributed by atoms with Crippen molar-refractivity contribution in [1.29, 1.82) is 0 Å². The number of nitrogens with one attached hydrogen (secondary N) is 2.